The first-order chi connectivity index (χ1) is 26.3. The fourth-order valence-electron chi connectivity index (χ4n) is 9.73. The van der Waals surface area contributed by atoms with E-state index >= 15 is 0 Å². The molecule has 2 aliphatic rings. The number of benzene rings is 8. The summed E-state index contributed by atoms with van der Waals surface area (Å²) in [5.41, 5.74) is 16.7. The van der Waals surface area contributed by atoms with Crippen LogP contribution in [0, 0.1) is 0 Å². The summed E-state index contributed by atoms with van der Waals surface area (Å²) in [6.45, 7) is 9.47. The van der Waals surface area contributed by atoms with Gasteiger partial charge in [-0.2, -0.15) is 0 Å². The second-order valence-corrected chi connectivity index (χ2v) is 17.2. The summed E-state index contributed by atoms with van der Waals surface area (Å²) in [6.07, 6.45) is 0. The molecule has 0 N–H and O–H groups in total. The van der Waals surface area contributed by atoms with Gasteiger partial charge in [-0.15, -0.1) is 11.3 Å². The van der Waals surface area contributed by atoms with Gasteiger partial charge in [-0.3, -0.25) is 0 Å². The van der Waals surface area contributed by atoms with Crippen LogP contribution in [-0.4, -0.2) is 0 Å². The Morgan fingerprint density at radius 1 is 0.389 bits per heavy atom. The van der Waals surface area contributed by atoms with E-state index in [1.54, 1.807) is 0 Å². The smallest absolute Gasteiger partial charge is 0.0465 e. The van der Waals surface area contributed by atoms with Crippen LogP contribution >= 0.6 is 11.3 Å². The molecule has 0 saturated heterocycles. The molecule has 54 heavy (non-hydrogen) atoms. The van der Waals surface area contributed by atoms with Crippen molar-refractivity contribution in [1.82, 2.24) is 0 Å². The first-order valence-corrected chi connectivity index (χ1v) is 19.8. The molecule has 0 radical (unpaired) electrons. The van der Waals surface area contributed by atoms with Gasteiger partial charge in [0, 0.05) is 48.1 Å². The van der Waals surface area contributed by atoms with Crippen LogP contribution in [0.1, 0.15) is 49.9 Å². The molecule has 9 aromatic rings. The average molecular weight is 710 g/mol. The maximum absolute atomic E-state index is 2.47. The third-order valence-corrected chi connectivity index (χ3v) is 13.6. The molecular formula is C52H39NS. The maximum Gasteiger partial charge on any atom is 0.0465 e. The highest BCUT2D eigenvalue weighted by atomic mass is 32.1. The molecule has 0 amide bonds. The normalized spacial score (nSPS) is 14.6. The van der Waals surface area contributed by atoms with E-state index in [1.165, 1.54) is 98.0 Å². The van der Waals surface area contributed by atoms with Gasteiger partial charge in [-0.25, -0.2) is 0 Å². The van der Waals surface area contributed by atoms with Crippen molar-refractivity contribution < 1.29 is 0 Å². The molecule has 0 aliphatic heterocycles. The van der Waals surface area contributed by atoms with Gasteiger partial charge in [0.05, 0.1) is 0 Å². The van der Waals surface area contributed by atoms with Crippen LogP contribution in [-0.2, 0) is 10.8 Å². The minimum absolute atomic E-state index is 0.0927. The van der Waals surface area contributed by atoms with Crippen molar-refractivity contribution in [2.24, 2.45) is 0 Å². The summed E-state index contributed by atoms with van der Waals surface area (Å²) in [6, 6.07) is 61.5. The average Bonchev–Trinajstić information content (AvgIpc) is 3.78. The quantitative estimate of drug-likeness (QED) is 0.176. The highest BCUT2D eigenvalue weighted by Gasteiger charge is 2.37. The highest BCUT2D eigenvalue weighted by molar-refractivity contribution is 7.26. The Balaban J connectivity index is 1.09. The van der Waals surface area contributed by atoms with Crippen molar-refractivity contribution in [2.75, 3.05) is 4.90 Å². The van der Waals surface area contributed by atoms with Gasteiger partial charge in [-0.05, 0) is 115 Å². The Kier molecular flexibility index (Phi) is 6.59. The Labute approximate surface area is 320 Å². The standard InChI is InChI=1S/C52H39NS/c1-51(2)43-17-8-5-13-38(43)40-27-25-35(30-45(40)51)53(36-26-28-41-39-14-6-9-18-44(39)52(3,4)46(41)31-36)34-23-20-32(21-24-34)37-16-11-12-33-22-29-48-50(49(33)37)42-15-7-10-19-47(42)54-48/h5-31H,1-4H3. The van der Waals surface area contributed by atoms with E-state index < -0.39 is 0 Å². The molecule has 1 nitrogen and oxygen atoms in total. The molecule has 0 unspecified atom stereocenters. The van der Waals surface area contributed by atoms with E-state index in [-0.39, 0.29) is 10.8 Å². The first kappa shape index (κ1) is 31.6. The Bertz CT molecular complexity index is 2890. The molecule has 2 aliphatic carbocycles. The van der Waals surface area contributed by atoms with Crippen LogP contribution in [0.3, 0.4) is 0 Å². The topological polar surface area (TPSA) is 3.24 Å². The summed E-state index contributed by atoms with van der Waals surface area (Å²) < 4.78 is 2.67. The van der Waals surface area contributed by atoms with Gasteiger partial charge in [0.2, 0.25) is 0 Å². The van der Waals surface area contributed by atoms with Crippen LogP contribution in [0.15, 0.2) is 164 Å². The maximum atomic E-state index is 2.47. The van der Waals surface area contributed by atoms with Crippen molar-refractivity contribution in [3.05, 3.63) is 186 Å². The number of nitrogens with zero attached hydrogens (tertiary/aromatic N) is 1. The molecule has 0 atom stereocenters. The van der Waals surface area contributed by atoms with Crippen LogP contribution in [0.5, 0.6) is 0 Å². The SMILES string of the molecule is CC1(C)c2ccccc2-c2ccc(N(c3ccc(-c4cccc5ccc6sc7ccccc7c6c45)cc3)c3ccc4c(c3)C(C)(C)c3ccccc3-4)cc21. The van der Waals surface area contributed by atoms with Crippen LogP contribution < -0.4 is 4.90 Å². The molecule has 258 valence electrons. The van der Waals surface area contributed by atoms with E-state index in [1.807, 2.05) is 11.3 Å². The molecular weight excluding hydrogens is 671 g/mol. The van der Waals surface area contributed by atoms with Gasteiger partial charge in [0.15, 0.2) is 0 Å². The lowest BCUT2D eigenvalue weighted by atomic mass is 9.82. The van der Waals surface area contributed by atoms with Crippen molar-refractivity contribution in [1.29, 1.82) is 0 Å². The Morgan fingerprint density at radius 3 is 1.57 bits per heavy atom. The van der Waals surface area contributed by atoms with Crippen LogP contribution in [0.2, 0.25) is 0 Å². The zero-order chi connectivity index (χ0) is 36.3. The molecule has 0 bridgehead atoms. The van der Waals surface area contributed by atoms with Gasteiger partial charge in [-0.1, -0.05) is 143 Å². The number of anilines is 3. The van der Waals surface area contributed by atoms with Crippen molar-refractivity contribution >= 4 is 59.3 Å². The number of thiophene rings is 1. The molecule has 2 heteroatoms. The van der Waals surface area contributed by atoms with E-state index in [0.29, 0.717) is 0 Å². The lowest BCUT2D eigenvalue weighted by molar-refractivity contribution is 0.660. The van der Waals surface area contributed by atoms with Gasteiger partial charge < -0.3 is 4.90 Å². The predicted octanol–water partition coefficient (Wildman–Crippen LogP) is 15.0. The lowest BCUT2D eigenvalue weighted by Crippen LogP contribution is -2.18. The minimum Gasteiger partial charge on any atom is -0.310 e. The summed E-state index contributed by atoms with van der Waals surface area (Å²) in [5.74, 6) is 0. The first-order valence-electron chi connectivity index (χ1n) is 19.0. The zero-order valence-electron chi connectivity index (χ0n) is 30.9. The molecule has 11 rings (SSSR count). The third kappa shape index (κ3) is 4.38. The fraction of sp³-hybridized carbons (Fsp3) is 0.115. The van der Waals surface area contributed by atoms with Crippen molar-refractivity contribution in [3.63, 3.8) is 0 Å². The Morgan fingerprint density at radius 2 is 0.926 bits per heavy atom. The molecule has 0 fully saturated rings. The molecule has 1 aromatic heterocycles. The molecule has 0 saturated carbocycles. The zero-order valence-corrected chi connectivity index (χ0v) is 31.8. The van der Waals surface area contributed by atoms with E-state index in [9.17, 15) is 0 Å². The van der Waals surface area contributed by atoms with Gasteiger partial charge in [0.25, 0.3) is 0 Å². The van der Waals surface area contributed by atoms with Crippen LogP contribution in [0.4, 0.5) is 17.1 Å². The molecule has 1 heterocycles. The van der Waals surface area contributed by atoms with E-state index in [4.69, 9.17) is 0 Å². The monoisotopic (exact) mass is 709 g/mol. The second kappa shape index (κ2) is 11.3. The number of hydrogen-bond acceptors (Lipinski definition) is 2. The third-order valence-electron chi connectivity index (χ3n) is 12.5. The largest absolute Gasteiger partial charge is 0.310 e. The van der Waals surface area contributed by atoms with Gasteiger partial charge in [0.1, 0.15) is 0 Å². The number of hydrogen-bond donors (Lipinski definition) is 0. The van der Waals surface area contributed by atoms with Crippen molar-refractivity contribution in [3.8, 4) is 33.4 Å². The van der Waals surface area contributed by atoms with Gasteiger partial charge >= 0.3 is 0 Å². The van der Waals surface area contributed by atoms with E-state index in [2.05, 4.69) is 196 Å². The fourth-order valence-corrected chi connectivity index (χ4v) is 10.8. The Hall–Kier alpha value is -5.96. The van der Waals surface area contributed by atoms with E-state index in [0.717, 1.165) is 5.69 Å². The lowest BCUT2D eigenvalue weighted by Gasteiger charge is -2.30. The summed E-state index contributed by atoms with van der Waals surface area (Å²) >= 11 is 1.88. The minimum atomic E-state index is -0.0927. The predicted molar refractivity (Wildman–Crippen MR) is 232 cm³/mol. The summed E-state index contributed by atoms with van der Waals surface area (Å²) in [5, 5.41) is 5.30. The highest BCUT2D eigenvalue weighted by Crippen LogP contribution is 2.53. The van der Waals surface area contributed by atoms with Crippen LogP contribution in [0.25, 0.3) is 64.3 Å². The number of fused-ring (bicyclic) bond motifs is 11. The summed E-state index contributed by atoms with van der Waals surface area (Å²) in [4.78, 5) is 2.47. The van der Waals surface area contributed by atoms with Crippen molar-refractivity contribution in [2.45, 2.75) is 38.5 Å². The second-order valence-electron chi connectivity index (χ2n) is 16.1. The summed E-state index contributed by atoms with van der Waals surface area (Å²) in [7, 11) is 0. The molecule has 0 spiro atoms. The molecule has 8 aromatic carbocycles. The number of rotatable bonds is 4.